The van der Waals surface area contributed by atoms with E-state index in [1.54, 1.807) is 18.2 Å². The molecular formula is C38H33N3O5. The van der Waals surface area contributed by atoms with Crippen molar-refractivity contribution >= 4 is 24.0 Å². The first-order valence-corrected chi connectivity index (χ1v) is 15.1. The molecule has 0 unspecified atom stereocenters. The van der Waals surface area contributed by atoms with E-state index in [4.69, 9.17) is 19.6 Å². The first-order chi connectivity index (χ1) is 22.5. The van der Waals surface area contributed by atoms with E-state index in [1.165, 1.54) is 5.56 Å². The second kappa shape index (κ2) is 14.3. The lowest BCUT2D eigenvalue weighted by atomic mass is 10.0. The Balaban J connectivity index is 1.20. The lowest BCUT2D eigenvalue weighted by Gasteiger charge is -2.18. The van der Waals surface area contributed by atoms with Gasteiger partial charge in [-0.1, -0.05) is 78.9 Å². The molecule has 0 spiro atoms. The molecule has 46 heavy (non-hydrogen) atoms. The lowest BCUT2D eigenvalue weighted by Crippen LogP contribution is -2.22. The number of nitrogens with one attached hydrogen (secondary N) is 2. The highest BCUT2D eigenvalue weighted by Gasteiger charge is 2.18. The minimum atomic E-state index is -0.998. The molecule has 2 heterocycles. The topological polar surface area (TPSA) is 114 Å². The fourth-order valence-electron chi connectivity index (χ4n) is 5.18. The van der Waals surface area contributed by atoms with E-state index >= 15 is 0 Å². The maximum absolute atomic E-state index is 12.4. The fourth-order valence-corrected chi connectivity index (χ4v) is 5.18. The van der Waals surface area contributed by atoms with Crippen LogP contribution in [0, 0.1) is 0 Å². The fraction of sp³-hybridized carbons (Fsp3) is 0.132. The smallest absolute Gasteiger partial charge is 0.328 e. The minimum Gasteiger partial charge on any atom is -0.486 e. The van der Waals surface area contributed by atoms with Gasteiger partial charge in [-0.05, 0) is 59.9 Å². The molecule has 0 bridgehead atoms. The number of benzene rings is 4. The Kier molecular flexibility index (Phi) is 9.35. The number of ether oxygens (including phenoxy) is 2. The molecule has 4 aromatic carbocycles. The monoisotopic (exact) mass is 611 g/mol. The molecule has 0 atom stereocenters. The highest BCUT2D eigenvalue weighted by atomic mass is 16.6. The number of carbonyl (C=O) groups excluding carboxylic acids is 1. The first kappa shape index (κ1) is 30.1. The zero-order valence-corrected chi connectivity index (χ0v) is 25.1. The maximum Gasteiger partial charge on any atom is 0.328 e. The van der Waals surface area contributed by atoms with E-state index in [2.05, 4.69) is 22.4 Å². The number of H-pyrrole nitrogens is 1. The second-order valence-electron chi connectivity index (χ2n) is 10.8. The van der Waals surface area contributed by atoms with E-state index in [1.807, 2.05) is 84.9 Å². The Hall–Kier alpha value is -5.89. The second-order valence-corrected chi connectivity index (χ2v) is 10.8. The van der Waals surface area contributed by atoms with E-state index < -0.39 is 5.97 Å². The van der Waals surface area contributed by atoms with Crippen LogP contribution in [-0.2, 0) is 16.0 Å². The van der Waals surface area contributed by atoms with Crippen molar-refractivity contribution in [2.45, 2.75) is 12.8 Å². The summed E-state index contributed by atoms with van der Waals surface area (Å²) in [6.07, 6.45) is 7.81. The largest absolute Gasteiger partial charge is 0.486 e. The zero-order chi connectivity index (χ0) is 31.7. The van der Waals surface area contributed by atoms with E-state index in [0.29, 0.717) is 37.1 Å². The molecule has 5 aromatic rings. The van der Waals surface area contributed by atoms with Crippen LogP contribution < -0.4 is 14.8 Å². The predicted octanol–water partition coefficient (Wildman–Crippen LogP) is 7.04. The van der Waals surface area contributed by atoms with E-state index in [0.717, 1.165) is 58.1 Å². The summed E-state index contributed by atoms with van der Waals surface area (Å²) in [5.41, 5.74) is 7.14. The summed E-state index contributed by atoms with van der Waals surface area (Å²) in [5.74, 6) is 0.926. The lowest BCUT2D eigenvalue weighted by molar-refractivity contribution is -0.131. The van der Waals surface area contributed by atoms with Crippen molar-refractivity contribution in [1.82, 2.24) is 15.3 Å². The molecular weight excluding hydrogens is 578 g/mol. The molecule has 1 aliphatic rings. The van der Waals surface area contributed by atoms with Crippen LogP contribution in [0.1, 0.15) is 23.1 Å². The van der Waals surface area contributed by atoms with Gasteiger partial charge in [0.1, 0.15) is 19.0 Å². The third-order valence-electron chi connectivity index (χ3n) is 7.53. The normalized spacial score (nSPS) is 12.4. The summed E-state index contributed by atoms with van der Waals surface area (Å²) in [6.45, 7) is 1.62. The number of hydrogen-bond donors (Lipinski definition) is 3. The maximum atomic E-state index is 12.4. The molecule has 0 aliphatic carbocycles. The molecule has 0 fully saturated rings. The molecule has 0 saturated heterocycles. The Bertz CT molecular complexity index is 1870. The molecule has 1 aromatic heterocycles. The van der Waals surface area contributed by atoms with Crippen LogP contribution in [0.15, 0.2) is 109 Å². The highest BCUT2D eigenvalue weighted by Crippen LogP contribution is 2.37. The predicted molar refractivity (Wildman–Crippen MR) is 179 cm³/mol. The van der Waals surface area contributed by atoms with E-state index in [9.17, 15) is 9.59 Å². The minimum absolute atomic E-state index is 0.127. The van der Waals surface area contributed by atoms with Crippen molar-refractivity contribution in [2.24, 2.45) is 0 Å². The average Bonchev–Trinajstić information content (AvgIpc) is 3.55. The number of carboxylic acid groups (broad SMARTS) is 1. The first-order valence-electron chi connectivity index (χ1n) is 15.1. The number of carboxylic acids is 1. The van der Waals surface area contributed by atoms with Crippen LogP contribution in [0.25, 0.3) is 46.1 Å². The molecule has 8 nitrogen and oxygen atoms in total. The van der Waals surface area contributed by atoms with Crippen molar-refractivity contribution in [3.8, 4) is 45.4 Å². The van der Waals surface area contributed by atoms with Gasteiger partial charge in [0, 0.05) is 35.4 Å². The highest BCUT2D eigenvalue weighted by molar-refractivity contribution is 5.92. The van der Waals surface area contributed by atoms with Crippen molar-refractivity contribution in [3.05, 3.63) is 126 Å². The summed E-state index contributed by atoms with van der Waals surface area (Å²) in [6, 6.07) is 31.4. The number of aromatic amines is 1. The number of rotatable bonds is 11. The molecule has 230 valence electrons. The van der Waals surface area contributed by atoms with Crippen LogP contribution in [0.5, 0.6) is 11.5 Å². The number of carbonyl (C=O) groups is 2. The van der Waals surface area contributed by atoms with Crippen LogP contribution >= 0.6 is 0 Å². The zero-order valence-electron chi connectivity index (χ0n) is 25.1. The number of aromatic nitrogens is 2. The summed E-state index contributed by atoms with van der Waals surface area (Å²) in [5, 5.41) is 11.9. The van der Waals surface area contributed by atoms with Gasteiger partial charge in [0.25, 0.3) is 0 Å². The third-order valence-corrected chi connectivity index (χ3v) is 7.53. The van der Waals surface area contributed by atoms with Gasteiger partial charge >= 0.3 is 5.97 Å². The number of nitrogens with zero attached hydrogens (tertiary/aromatic N) is 1. The molecule has 1 aliphatic heterocycles. The van der Waals surface area contributed by atoms with Crippen LogP contribution in [0.3, 0.4) is 0 Å². The number of amides is 1. The molecule has 6 rings (SSSR count). The Morgan fingerprint density at radius 1 is 0.783 bits per heavy atom. The van der Waals surface area contributed by atoms with Crippen molar-refractivity contribution < 1.29 is 24.2 Å². The van der Waals surface area contributed by atoms with Crippen LogP contribution in [-0.4, -0.2) is 46.7 Å². The van der Waals surface area contributed by atoms with Gasteiger partial charge < -0.3 is 24.9 Å². The van der Waals surface area contributed by atoms with E-state index in [-0.39, 0.29) is 5.91 Å². The number of aryl methyl sites for hydroxylation is 1. The summed E-state index contributed by atoms with van der Waals surface area (Å²) in [7, 11) is 0. The Morgan fingerprint density at radius 2 is 1.43 bits per heavy atom. The van der Waals surface area contributed by atoms with Crippen molar-refractivity contribution in [1.29, 1.82) is 0 Å². The van der Waals surface area contributed by atoms with Gasteiger partial charge in [0.2, 0.25) is 5.91 Å². The molecule has 0 radical (unpaired) electrons. The third kappa shape index (κ3) is 7.60. The van der Waals surface area contributed by atoms with Gasteiger partial charge in [-0.15, -0.1) is 0 Å². The van der Waals surface area contributed by atoms with Gasteiger partial charge in [0.05, 0.1) is 11.4 Å². The summed E-state index contributed by atoms with van der Waals surface area (Å²) in [4.78, 5) is 31.8. The van der Waals surface area contributed by atoms with Gasteiger partial charge in [-0.2, -0.15) is 0 Å². The Morgan fingerprint density at radius 3 is 2.15 bits per heavy atom. The van der Waals surface area contributed by atoms with Crippen LogP contribution in [0.2, 0.25) is 0 Å². The SMILES string of the molecule is O=C(O)C=Cc1ccc(-c2[nH]c(-c3ccc4c(c3)OCCO4)nc2-c2ccc(C=CC(=O)NCCCc3ccccc3)cc2)cc1. The number of imidazole rings is 1. The number of aliphatic carboxylic acids is 1. The molecule has 3 N–H and O–H groups in total. The molecule has 8 heteroatoms. The van der Waals surface area contributed by atoms with Crippen molar-refractivity contribution in [2.75, 3.05) is 19.8 Å². The number of fused-ring (bicyclic) bond motifs is 1. The standard InChI is InChI=1S/C38H33N3O5/c42-34(39-22-4-7-26-5-2-1-3-6-26)20-12-27-8-14-29(15-9-27)36-37(30-16-10-28(11-17-30)13-21-35(43)44)41-38(40-36)31-18-19-32-33(25-31)46-24-23-45-32/h1-3,5-6,8-21,25H,4,7,22-24H2,(H,39,42)(H,40,41)(H,43,44). The van der Waals surface area contributed by atoms with Gasteiger partial charge in [-0.25, -0.2) is 9.78 Å². The van der Waals surface area contributed by atoms with Crippen molar-refractivity contribution in [3.63, 3.8) is 0 Å². The Labute approximate surface area is 267 Å². The number of hydrogen-bond acceptors (Lipinski definition) is 5. The summed E-state index contributed by atoms with van der Waals surface area (Å²) < 4.78 is 11.5. The van der Waals surface area contributed by atoms with Gasteiger partial charge in [0.15, 0.2) is 11.5 Å². The molecule has 0 saturated carbocycles. The quantitative estimate of drug-likeness (QED) is 0.109. The molecule has 1 amide bonds. The van der Waals surface area contributed by atoms with Crippen LogP contribution in [0.4, 0.5) is 0 Å². The summed E-state index contributed by atoms with van der Waals surface area (Å²) >= 11 is 0. The average molecular weight is 612 g/mol. The van der Waals surface area contributed by atoms with Gasteiger partial charge in [-0.3, -0.25) is 4.79 Å².